The molecule has 2 saturated heterocycles. The minimum Gasteiger partial charge on any atom is -0.459 e. The second-order valence-corrected chi connectivity index (χ2v) is 7.99. The quantitative estimate of drug-likeness (QED) is 0.805. The molecule has 0 bridgehead atoms. The Labute approximate surface area is 161 Å². The highest BCUT2D eigenvalue weighted by Gasteiger charge is 2.38. The third-order valence-corrected chi connectivity index (χ3v) is 6.35. The van der Waals surface area contributed by atoms with Gasteiger partial charge < -0.3 is 9.32 Å². The fourth-order valence-corrected chi connectivity index (χ4v) is 4.50. The van der Waals surface area contributed by atoms with Gasteiger partial charge in [0.05, 0.1) is 6.26 Å². The van der Waals surface area contributed by atoms with Gasteiger partial charge in [-0.05, 0) is 67.4 Å². The van der Waals surface area contributed by atoms with Crippen molar-refractivity contribution in [2.45, 2.75) is 32.2 Å². The predicted octanol–water partition coefficient (Wildman–Crippen LogP) is 4.44. The zero-order valence-corrected chi connectivity index (χ0v) is 15.9. The average molecular weight is 364 g/mol. The van der Waals surface area contributed by atoms with Crippen molar-refractivity contribution in [1.82, 2.24) is 9.80 Å². The van der Waals surface area contributed by atoms with E-state index in [1.165, 1.54) is 24.0 Å². The Morgan fingerprint density at radius 3 is 2.48 bits per heavy atom. The number of carbonyl (C=O) groups excluding carboxylic acids is 1. The molecule has 27 heavy (non-hydrogen) atoms. The number of likely N-dealkylation sites (tertiary alicyclic amines) is 2. The molecule has 4 nitrogen and oxygen atoms in total. The molecule has 1 spiro atoms. The summed E-state index contributed by atoms with van der Waals surface area (Å²) in [4.78, 5) is 17.0. The standard InChI is InChI=1S/C23H28N2O2/c1-2-19-5-3-6-20(17-19)18-24-12-8-23(9-13-24)10-14-25(15-11-23)22(26)21-7-4-16-27-21/h2-7,16-17H,1,8-15,18H2. The Balaban J connectivity index is 1.29. The largest absolute Gasteiger partial charge is 0.459 e. The van der Waals surface area contributed by atoms with Gasteiger partial charge in [0.15, 0.2) is 5.76 Å². The molecule has 1 aromatic carbocycles. The molecule has 4 rings (SSSR count). The summed E-state index contributed by atoms with van der Waals surface area (Å²) >= 11 is 0. The van der Waals surface area contributed by atoms with Crippen molar-refractivity contribution in [1.29, 1.82) is 0 Å². The van der Waals surface area contributed by atoms with E-state index in [0.717, 1.165) is 45.6 Å². The molecule has 2 aliphatic heterocycles. The Morgan fingerprint density at radius 2 is 1.81 bits per heavy atom. The van der Waals surface area contributed by atoms with Crippen LogP contribution in [-0.4, -0.2) is 41.9 Å². The summed E-state index contributed by atoms with van der Waals surface area (Å²) in [6.07, 6.45) is 8.16. The first-order valence-corrected chi connectivity index (χ1v) is 9.94. The number of hydrogen-bond acceptors (Lipinski definition) is 3. The highest BCUT2D eigenvalue weighted by Crippen LogP contribution is 2.41. The third-order valence-electron chi connectivity index (χ3n) is 6.35. The van der Waals surface area contributed by atoms with E-state index in [1.54, 1.807) is 18.4 Å². The van der Waals surface area contributed by atoms with E-state index in [4.69, 9.17) is 4.42 Å². The summed E-state index contributed by atoms with van der Waals surface area (Å²) in [5, 5.41) is 0. The summed E-state index contributed by atoms with van der Waals surface area (Å²) < 4.78 is 5.27. The molecule has 2 fully saturated rings. The SMILES string of the molecule is C=Cc1cccc(CN2CCC3(CC2)CCN(C(=O)c2ccco2)CC3)c1. The van der Waals surface area contributed by atoms with Crippen molar-refractivity contribution in [2.24, 2.45) is 5.41 Å². The molecule has 1 aromatic heterocycles. The van der Waals surface area contributed by atoms with Crippen LogP contribution in [0.2, 0.25) is 0 Å². The van der Waals surface area contributed by atoms with Crippen molar-refractivity contribution in [3.05, 3.63) is 66.1 Å². The van der Waals surface area contributed by atoms with Gasteiger partial charge >= 0.3 is 0 Å². The van der Waals surface area contributed by atoms with Crippen molar-refractivity contribution < 1.29 is 9.21 Å². The predicted molar refractivity (Wildman–Crippen MR) is 107 cm³/mol. The maximum absolute atomic E-state index is 12.5. The monoisotopic (exact) mass is 364 g/mol. The lowest BCUT2D eigenvalue weighted by Crippen LogP contribution is -2.48. The molecule has 2 aliphatic rings. The van der Waals surface area contributed by atoms with Crippen molar-refractivity contribution in [2.75, 3.05) is 26.2 Å². The maximum atomic E-state index is 12.5. The van der Waals surface area contributed by atoms with E-state index in [1.807, 2.05) is 11.0 Å². The van der Waals surface area contributed by atoms with Crippen LogP contribution in [0.25, 0.3) is 6.08 Å². The number of nitrogens with zero attached hydrogens (tertiary/aromatic N) is 2. The summed E-state index contributed by atoms with van der Waals surface area (Å²) in [7, 11) is 0. The molecule has 3 heterocycles. The summed E-state index contributed by atoms with van der Waals surface area (Å²) in [6, 6.07) is 12.2. The maximum Gasteiger partial charge on any atom is 0.289 e. The minimum absolute atomic E-state index is 0.0365. The van der Waals surface area contributed by atoms with E-state index < -0.39 is 0 Å². The van der Waals surface area contributed by atoms with Gasteiger partial charge in [-0.3, -0.25) is 9.69 Å². The number of amides is 1. The lowest BCUT2D eigenvalue weighted by Gasteiger charge is -2.46. The number of hydrogen-bond donors (Lipinski definition) is 0. The van der Waals surface area contributed by atoms with Gasteiger partial charge in [-0.2, -0.15) is 0 Å². The van der Waals surface area contributed by atoms with Gasteiger partial charge in [0.25, 0.3) is 5.91 Å². The second kappa shape index (κ2) is 7.73. The first kappa shape index (κ1) is 18.1. The summed E-state index contributed by atoms with van der Waals surface area (Å²) in [5.74, 6) is 0.497. The van der Waals surface area contributed by atoms with Crippen LogP contribution in [0.1, 0.15) is 47.4 Å². The number of carbonyl (C=O) groups is 1. The van der Waals surface area contributed by atoms with Crippen LogP contribution in [0.5, 0.6) is 0 Å². The van der Waals surface area contributed by atoms with E-state index >= 15 is 0 Å². The Morgan fingerprint density at radius 1 is 1.07 bits per heavy atom. The molecule has 0 radical (unpaired) electrons. The molecule has 2 aromatic rings. The second-order valence-electron chi connectivity index (χ2n) is 7.99. The molecule has 0 N–H and O–H groups in total. The van der Waals surface area contributed by atoms with Gasteiger partial charge in [-0.25, -0.2) is 0 Å². The lowest BCUT2D eigenvalue weighted by atomic mass is 9.71. The topological polar surface area (TPSA) is 36.7 Å². The Bertz CT molecular complexity index is 778. The molecule has 0 saturated carbocycles. The molecule has 0 aliphatic carbocycles. The van der Waals surface area contributed by atoms with Crippen LogP contribution in [0.3, 0.4) is 0 Å². The Kier molecular flexibility index (Phi) is 5.17. The summed E-state index contributed by atoms with van der Waals surface area (Å²) in [6.45, 7) is 8.86. The van der Waals surface area contributed by atoms with Crippen LogP contribution in [0.15, 0.2) is 53.7 Å². The van der Waals surface area contributed by atoms with E-state index in [-0.39, 0.29) is 5.91 Å². The van der Waals surface area contributed by atoms with E-state index in [9.17, 15) is 4.79 Å². The highest BCUT2D eigenvalue weighted by molar-refractivity contribution is 5.91. The van der Waals surface area contributed by atoms with E-state index in [2.05, 4.69) is 35.7 Å². The number of furan rings is 1. The zero-order chi connectivity index (χ0) is 18.7. The molecule has 0 unspecified atom stereocenters. The smallest absolute Gasteiger partial charge is 0.289 e. The molecule has 4 heteroatoms. The van der Waals surface area contributed by atoms with Crippen LogP contribution >= 0.6 is 0 Å². The van der Waals surface area contributed by atoms with Crippen molar-refractivity contribution >= 4 is 12.0 Å². The molecular weight excluding hydrogens is 336 g/mol. The number of piperidine rings is 2. The zero-order valence-electron chi connectivity index (χ0n) is 15.9. The first-order valence-electron chi connectivity index (χ1n) is 9.94. The first-order chi connectivity index (χ1) is 13.2. The number of rotatable bonds is 4. The van der Waals surface area contributed by atoms with Gasteiger partial charge in [-0.1, -0.05) is 36.9 Å². The van der Waals surface area contributed by atoms with Crippen LogP contribution in [-0.2, 0) is 6.54 Å². The van der Waals surface area contributed by atoms with Crippen molar-refractivity contribution in [3.8, 4) is 0 Å². The third kappa shape index (κ3) is 4.01. The van der Waals surface area contributed by atoms with Gasteiger partial charge in [-0.15, -0.1) is 0 Å². The van der Waals surface area contributed by atoms with Crippen LogP contribution in [0.4, 0.5) is 0 Å². The molecular formula is C23H28N2O2. The minimum atomic E-state index is 0.0365. The highest BCUT2D eigenvalue weighted by atomic mass is 16.3. The van der Waals surface area contributed by atoms with Gasteiger partial charge in [0, 0.05) is 19.6 Å². The van der Waals surface area contributed by atoms with Crippen LogP contribution in [0, 0.1) is 5.41 Å². The summed E-state index contributed by atoms with van der Waals surface area (Å²) in [5.41, 5.74) is 2.97. The molecule has 0 atom stereocenters. The lowest BCUT2D eigenvalue weighted by molar-refractivity contribution is 0.0270. The average Bonchev–Trinajstić information content (AvgIpc) is 3.25. The Hall–Kier alpha value is -2.33. The fourth-order valence-electron chi connectivity index (χ4n) is 4.50. The molecule has 142 valence electrons. The normalized spacial score (nSPS) is 19.9. The number of benzene rings is 1. The van der Waals surface area contributed by atoms with E-state index in [0.29, 0.717) is 11.2 Å². The van der Waals surface area contributed by atoms with Gasteiger partial charge in [0.2, 0.25) is 0 Å². The molecule has 1 amide bonds. The van der Waals surface area contributed by atoms with Crippen LogP contribution < -0.4 is 0 Å². The van der Waals surface area contributed by atoms with Gasteiger partial charge in [0.1, 0.15) is 0 Å². The fraction of sp³-hybridized carbons (Fsp3) is 0.435. The van der Waals surface area contributed by atoms with Crippen molar-refractivity contribution in [3.63, 3.8) is 0 Å².